The number of amidine groups is 1. The largest absolute Gasteiger partial charge is 0.358 e. The highest BCUT2D eigenvalue weighted by molar-refractivity contribution is 5.80. The van der Waals surface area contributed by atoms with Crippen molar-refractivity contribution in [3.8, 4) is 0 Å². The lowest BCUT2D eigenvalue weighted by Crippen LogP contribution is -2.40. The maximum absolute atomic E-state index is 8.05. The zero-order valence-electron chi connectivity index (χ0n) is 12.2. The molecular weight excluding hydrogens is 196 g/mol. The van der Waals surface area contributed by atoms with Gasteiger partial charge in [-0.3, -0.25) is 5.41 Å². The van der Waals surface area contributed by atoms with E-state index in [9.17, 15) is 0 Å². The molecule has 2 nitrogen and oxygen atoms in total. The van der Waals surface area contributed by atoms with E-state index >= 15 is 0 Å². The lowest BCUT2D eigenvalue weighted by molar-refractivity contribution is 0.209. The fourth-order valence-electron chi connectivity index (χ4n) is 2.58. The van der Waals surface area contributed by atoms with Gasteiger partial charge in [0.05, 0.1) is 5.84 Å². The van der Waals surface area contributed by atoms with Gasteiger partial charge in [-0.2, -0.15) is 0 Å². The number of hydrogen-bond acceptors (Lipinski definition) is 1. The second kappa shape index (κ2) is 6.27. The second-order valence-electron chi connectivity index (χ2n) is 5.85. The fraction of sp³-hybridized carbons (Fsp3) is 0.929. The summed E-state index contributed by atoms with van der Waals surface area (Å²) in [6.45, 7) is 16.3. The van der Waals surface area contributed by atoms with Crippen LogP contribution in [0.5, 0.6) is 0 Å². The summed E-state index contributed by atoms with van der Waals surface area (Å²) in [6, 6.07) is 0.465. The van der Waals surface area contributed by atoms with Gasteiger partial charge in [0.1, 0.15) is 0 Å². The highest BCUT2D eigenvalue weighted by Crippen LogP contribution is 2.32. The van der Waals surface area contributed by atoms with Gasteiger partial charge in [0.25, 0.3) is 0 Å². The summed E-state index contributed by atoms with van der Waals surface area (Å²) < 4.78 is 0. The third kappa shape index (κ3) is 4.54. The van der Waals surface area contributed by atoms with Crippen LogP contribution in [-0.2, 0) is 0 Å². The third-order valence-electron chi connectivity index (χ3n) is 3.01. The van der Waals surface area contributed by atoms with Crippen molar-refractivity contribution in [2.45, 2.75) is 67.3 Å². The normalized spacial score (nSPS) is 24.9. The van der Waals surface area contributed by atoms with Crippen LogP contribution in [0.2, 0.25) is 0 Å². The Bertz CT molecular complexity index is 219. The molecule has 0 saturated carbocycles. The van der Waals surface area contributed by atoms with Crippen LogP contribution in [0.1, 0.15) is 61.3 Å². The van der Waals surface area contributed by atoms with E-state index in [1.54, 1.807) is 0 Å². The van der Waals surface area contributed by atoms with Crippen LogP contribution in [0.4, 0.5) is 0 Å². The first kappa shape index (κ1) is 15.5. The maximum atomic E-state index is 8.05. The fourth-order valence-corrected chi connectivity index (χ4v) is 2.58. The van der Waals surface area contributed by atoms with Crippen molar-refractivity contribution in [2.24, 2.45) is 11.3 Å². The van der Waals surface area contributed by atoms with Gasteiger partial charge >= 0.3 is 0 Å². The van der Waals surface area contributed by atoms with Crippen LogP contribution in [-0.4, -0.2) is 23.3 Å². The van der Waals surface area contributed by atoms with Crippen LogP contribution in [0.3, 0.4) is 0 Å². The molecule has 1 N–H and O–H groups in total. The predicted molar refractivity (Wildman–Crippen MR) is 73.1 cm³/mol. The molecule has 1 rings (SSSR count). The minimum Gasteiger partial charge on any atom is -0.358 e. The zero-order chi connectivity index (χ0) is 12.9. The van der Waals surface area contributed by atoms with Gasteiger partial charge < -0.3 is 4.90 Å². The highest BCUT2D eigenvalue weighted by atomic mass is 15.2. The van der Waals surface area contributed by atoms with Gasteiger partial charge in [-0.1, -0.05) is 34.6 Å². The Kier molecular flexibility index (Phi) is 6.06. The Morgan fingerprint density at radius 3 is 2.25 bits per heavy atom. The first-order valence-corrected chi connectivity index (χ1v) is 6.66. The van der Waals surface area contributed by atoms with Gasteiger partial charge in [-0.05, 0) is 31.6 Å². The molecule has 1 fully saturated rings. The molecule has 0 radical (unpaired) electrons. The molecule has 0 aromatic carbocycles. The molecular formula is C14H30N2. The number of hydrogen-bond donors (Lipinski definition) is 1. The average molecular weight is 226 g/mol. The third-order valence-corrected chi connectivity index (χ3v) is 3.01. The summed E-state index contributed by atoms with van der Waals surface area (Å²) in [4.78, 5) is 2.25. The maximum Gasteiger partial charge on any atom is 0.0962 e. The van der Waals surface area contributed by atoms with E-state index in [-0.39, 0.29) is 0 Å². The summed E-state index contributed by atoms with van der Waals surface area (Å²) in [5.41, 5.74) is 0.354. The summed E-state index contributed by atoms with van der Waals surface area (Å²) in [5, 5.41) is 8.05. The van der Waals surface area contributed by atoms with Crippen LogP contribution >= 0.6 is 0 Å². The monoisotopic (exact) mass is 226 g/mol. The van der Waals surface area contributed by atoms with E-state index in [0.29, 0.717) is 17.4 Å². The van der Waals surface area contributed by atoms with Gasteiger partial charge in [-0.15, -0.1) is 0 Å². The molecule has 1 heterocycles. The van der Waals surface area contributed by atoms with Crippen LogP contribution in [0.15, 0.2) is 0 Å². The molecule has 1 aliphatic rings. The van der Waals surface area contributed by atoms with Gasteiger partial charge in [0.15, 0.2) is 0 Å². The molecule has 0 aromatic rings. The molecule has 1 saturated heterocycles. The van der Waals surface area contributed by atoms with Crippen LogP contribution in [0.25, 0.3) is 0 Å². The van der Waals surface area contributed by atoms with Crippen molar-refractivity contribution in [3.63, 3.8) is 0 Å². The summed E-state index contributed by atoms with van der Waals surface area (Å²) in [5.74, 6) is 1.49. The van der Waals surface area contributed by atoms with Gasteiger partial charge in [0.2, 0.25) is 0 Å². The first-order chi connectivity index (χ1) is 7.32. The minimum absolute atomic E-state index is 0.354. The quantitative estimate of drug-likeness (QED) is 0.714. The summed E-state index contributed by atoms with van der Waals surface area (Å²) in [7, 11) is 0. The van der Waals surface area contributed by atoms with E-state index < -0.39 is 0 Å². The molecule has 0 amide bonds. The smallest absolute Gasteiger partial charge is 0.0962 e. The molecule has 1 aliphatic heterocycles. The van der Waals surface area contributed by atoms with Crippen LogP contribution in [0, 0.1) is 16.7 Å². The molecule has 1 unspecified atom stereocenters. The van der Waals surface area contributed by atoms with Crippen molar-refractivity contribution >= 4 is 5.84 Å². The number of nitrogens with one attached hydrogen (secondary N) is 1. The molecule has 2 heteroatoms. The highest BCUT2D eigenvalue weighted by Gasteiger charge is 2.31. The Labute approximate surface area is 102 Å². The predicted octanol–water partition coefficient (Wildman–Crippen LogP) is 4.16. The molecule has 16 heavy (non-hydrogen) atoms. The Morgan fingerprint density at radius 2 is 1.81 bits per heavy atom. The van der Waals surface area contributed by atoms with E-state index in [0.717, 1.165) is 18.8 Å². The standard InChI is InChI=1S/C12H24N2.C2H6/c1-9(2)14-8-12(4,5)7-10(3)6-11(14)13;1-2/h9-10,13H,6-8H2,1-5H3;1-2H3. The van der Waals surface area contributed by atoms with E-state index in [1.807, 2.05) is 13.8 Å². The SMILES string of the molecule is CC.CC1CC(=N)N(C(C)C)CC(C)(C)C1. The number of likely N-dealkylation sites (tertiary alicyclic amines) is 1. The van der Waals surface area contributed by atoms with E-state index in [1.165, 1.54) is 6.42 Å². The second-order valence-corrected chi connectivity index (χ2v) is 5.85. The van der Waals surface area contributed by atoms with Crippen molar-refractivity contribution in [1.29, 1.82) is 5.41 Å². The van der Waals surface area contributed by atoms with Gasteiger partial charge in [0, 0.05) is 19.0 Å². The van der Waals surface area contributed by atoms with Crippen molar-refractivity contribution in [2.75, 3.05) is 6.54 Å². The molecule has 1 atom stereocenters. The topological polar surface area (TPSA) is 27.1 Å². The van der Waals surface area contributed by atoms with E-state index in [2.05, 4.69) is 39.5 Å². The number of nitrogens with zero attached hydrogens (tertiary/aromatic N) is 1. The summed E-state index contributed by atoms with van der Waals surface area (Å²) >= 11 is 0. The van der Waals surface area contributed by atoms with E-state index in [4.69, 9.17) is 5.41 Å². The van der Waals surface area contributed by atoms with Crippen molar-refractivity contribution in [3.05, 3.63) is 0 Å². The molecule has 96 valence electrons. The Morgan fingerprint density at radius 1 is 1.31 bits per heavy atom. The number of rotatable bonds is 1. The lowest BCUT2D eigenvalue weighted by Gasteiger charge is -2.34. The molecule has 0 aromatic heterocycles. The van der Waals surface area contributed by atoms with Crippen molar-refractivity contribution in [1.82, 2.24) is 4.90 Å². The van der Waals surface area contributed by atoms with Gasteiger partial charge in [-0.25, -0.2) is 0 Å². The molecule has 0 aliphatic carbocycles. The minimum atomic E-state index is 0.354. The molecule has 0 spiro atoms. The zero-order valence-corrected chi connectivity index (χ0v) is 12.2. The van der Waals surface area contributed by atoms with Crippen molar-refractivity contribution < 1.29 is 0 Å². The average Bonchev–Trinajstić information content (AvgIpc) is 2.25. The Balaban J connectivity index is 0.00000106. The Hall–Kier alpha value is -0.530. The molecule has 0 bridgehead atoms. The van der Waals surface area contributed by atoms with Crippen LogP contribution < -0.4 is 0 Å². The first-order valence-electron chi connectivity index (χ1n) is 6.66. The lowest BCUT2D eigenvalue weighted by atomic mass is 9.83. The summed E-state index contributed by atoms with van der Waals surface area (Å²) in [6.07, 6.45) is 2.18.